The van der Waals surface area contributed by atoms with E-state index in [1.807, 2.05) is 31.2 Å². The SMILES string of the molecule is Cc1nc(C)c(C(C)Nc2cccc(Cl)c2)s1. The first-order valence-corrected chi connectivity index (χ1v) is 6.71. The summed E-state index contributed by atoms with van der Waals surface area (Å²) < 4.78 is 0. The van der Waals surface area contributed by atoms with E-state index in [1.54, 1.807) is 11.3 Å². The third-order valence-corrected chi connectivity index (χ3v) is 4.03. The van der Waals surface area contributed by atoms with Crippen LogP contribution in [0.2, 0.25) is 5.02 Å². The second-order valence-corrected chi connectivity index (χ2v) is 5.73. The van der Waals surface area contributed by atoms with Crippen molar-refractivity contribution in [1.29, 1.82) is 0 Å². The molecule has 1 heterocycles. The molecule has 1 N–H and O–H groups in total. The number of rotatable bonds is 3. The number of aryl methyl sites for hydroxylation is 2. The number of halogens is 1. The van der Waals surface area contributed by atoms with Gasteiger partial charge < -0.3 is 5.32 Å². The second-order valence-electron chi connectivity index (χ2n) is 4.06. The van der Waals surface area contributed by atoms with Gasteiger partial charge in [-0.25, -0.2) is 4.98 Å². The van der Waals surface area contributed by atoms with Crippen molar-refractivity contribution in [3.63, 3.8) is 0 Å². The van der Waals surface area contributed by atoms with E-state index in [9.17, 15) is 0 Å². The molecule has 2 rings (SSSR count). The van der Waals surface area contributed by atoms with Gasteiger partial charge in [0.25, 0.3) is 0 Å². The van der Waals surface area contributed by atoms with Crippen LogP contribution in [0.1, 0.15) is 28.5 Å². The lowest BCUT2D eigenvalue weighted by Crippen LogP contribution is -2.06. The minimum atomic E-state index is 0.250. The van der Waals surface area contributed by atoms with Crippen molar-refractivity contribution < 1.29 is 0 Å². The molecule has 4 heteroatoms. The molecule has 0 fully saturated rings. The van der Waals surface area contributed by atoms with Crippen LogP contribution in [-0.4, -0.2) is 4.98 Å². The predicted molar refractivity (Wildman–Crippen MR) is 75.1 cm³/mol. The predicted octanol–water partition coefficient (Wildman–Crippen LogP) is 4.59. The molecule has 1 aromatic carbocycles. The molecule has 0 aliphatic carbocycles. The minimum absolute atomic E-state index is 0.250. The Bertz CT molecular complexity index is 522. The number of nitrogens with zero attached hydrogens (tertiary/aromatic N) is 1. The molecule has 0 amide bonds. The smallest absolute Gasteiger partial charge is 0.0900 e. The highest BCUT2D eigenvalue weighted by Gasteiger charge is 2.12. The van der Waals surface area contributed by atoms with Gasteiger partial charge in [0, 0.05) is 15.6 Å². The quantitative estimate of drug-likeness (QED) is 0.879. The first kappa shape index (κ1) is 12.4. The van der Waals surface area contributed by atoms with Crippen LogP contribution >= 0.6 is 22.9 Å². The molecule has 2 nitrogen and oxygen atoms in total. The van der Waals surface area contributed by atoms with Crippen molar-refractivity contribution in [2.24, 2.45) is 0 Å². The molecule has 1 aromatic heterocycles. The molecule has 17 heavy (non-hydrogen) atoms. The number of benzene rings is 1. The summed E-state index contributed by atoms with van der Waals surface area (Å²) in [4.78, 5) is 5.72. The van der Waals surface area contributed by atoms with E-state index >= 15 is 0 Å². The molecule has 0 aliphatic rings. The Hall–Kier alpha value is -1.06. The van der Waals surface area contributed by atoms with E-state index in [2.05, 4.69) is 24.1 Å². The average Bonchev–Trinajstić information content (AvgIpc) is 2.58. The van der Waals surface area contributed by atoms with Crippen LogP contribution in [-0.2, 0) is 0 Å². The van der Waals surface area contributed by atoms with E-state index in [1.165, 1.54) is 4.88 Å². The van der Waals surface area contributed by atoms with E-state index in [0.29, 0.717) is 0 Å². The Kier molecular flexibility index (Phi) is 3.69. The maximum atomic E-state index is 5.96. The molecule has 1 atom stereocenters. The summed E-state index contributed by atoms with van der Waals surface area (Å²) in [5, 5.41) is 5.30. The van der Waals surface area contributed by atoms with E-state index in [0.717, 1.165) is 21.4 Å². The Morgan fingerprint density at radius 3 is 2.71 bits per heavy atom. The molecule has 0 saturated carbocycles. The first-order valence-electron chi connectivity index (χ1n) is 5.52. The Balaban J connectivity index is 2.16. The Labute approximate surface area is 111 Å². The van der Waals surface area contributed by atoms with Crippen molar-refractivity contribution in [1.82, 2.24) is 4.98 Å². The number of anilines is 1. The molecule has 0 bridgehead atoms. The van der Waals surface area contributed by atoms with Gasteiger partial charge in [-0.05, 0) is 39.0 Å². The summed E-state index contributed by atoms with van der Waals surface area (Å²) in [7, 11) is 0. The zero-order chi connectivity index (χ0) is 12.4. The maximum Gasteiger partial charge on any atom is 0.0900 e. The fourth-order valence-electron chi connectivity index (χ4n) is 1.84. The van der Waals surface area contributed by atoms with Crippen LogP contribution in [0, 0.1) is 13.8 Å². The van der Waals surface area contributed by atoms with Crippen molar-refractivity contribution in [3.05, 3.63) is 44.9 Å². The normalized spacial score (nSPS) is 12.5. The summed E-state index contributed by atoms with van der Waals surface area (Å²) in [5.74, 6) is 0. The Morgan fingerprint density at radius 2 is 2.12 bits per heavy atom. The summed E-state index contributed by atoms with van der Waals surface area (Å²) in [6.07, 6.45) is 0. The second kappa shape index (κ2) is 5.07. The summed E-state index contributed by atoms with van der Waals surface area (Å²) in [6, 6.07) is 8.02. The van der Waals surface area contributed by atoms with Gasteiger partial charge in [0.05, 0.1) is 16.7 Å². The third kappa shape index (κ3) is 2.99. The lowest BCUT2D eigenvalue weighted by atomic mass is 10.2. The van der Waals surface area contributed by atoms with Gasteiger partial charge in [0.15, 0.2) is 0 Å². The summed E-state index contributed by atoms with van der Waals surface area (Å²) >= 11 is 7.70. The molecule has 2 aromatic rings. The van der Waals surface area contributed by atoms with Crippen LogP contribution in [0.3, 0.4) is 0 Å². The fourth-order valence-corrected chi connectivity index (χ4v) is 2.96. The molecule has 0 aliphatic heterocycles. The van der Waals surface area contributed by atoms with Gasteiger partial charge in [0.1, 0.15) is 0 Å². The zero-order valence-electron chi connectivity index (χ0n) is 10.1. The minimum Gasteiger partial charge on any atom is -0.378 e. The van der Waals surface area contributed by atoms with Crippen LogP contribution < -0.4 is 5.32 Å². The lowest BCUT2D eigenvalue weighted by molar-refractivity contribution is 0.890. The van der Waals surface area contributed by atoms with Gasteiger partial charge in [-0.3, -0.25) is 0 Å². The number of thiazole rings is 1. The summed E-state index contributed by atoms with van der Waals surface area (Å²) in [5.41, 5.74) is 2.14. The highest BCUT2D eigenvalue weighted by Crippen LogP contribution is 2.28. The molecule has 90 valence electrons. The highest BCUT2D eigenvalue weighted by molar-refractivity contribution is 7.11. The van der Waals surface area contributed by atoms with Gasteiger partial charge in [-0.2, -0.15) is 0 Å². The molecule has 1 unspecified atom stereocenters. The fraction of sp³-hybridized carbons (Fsp3) is 0.308. The first-order chi connectivity index (χ1) is 8.06. The van der Waals surface area contributed by atoms with Crippen LogP contribution in [0.4, 0.5) is 5.69 Å². The van der Waals surface area contributed by atoms with E-state index in [4.69, 9.17) is 11.6 Å². The zero-order valence-corrected chi connectivity index (χ0v) is 11.7. The van der Waals surface area contributed by atoms with Crippen LogP contribution in [0.25, 0.3) is 0 Å². The van der Waals surface area contributed by atoms with Crippen molar-refractivity contribution in [2.75, 3.05) is 5.32 Å². The van der Waals surface area contributed by atoms with Crippen molar-refractivity contribution >= 4 is 28.6 Å². The highest BCUT2D eigenvalue weighted by atomic mass is 35.5. The van der Waals surface area contributed by atoms with E-state index < -0.39 is 0 Å². The molecule has 0 saturated heterocycles. The monoisotopic (exact) mass is 266 g/mol. The van der Waals surface area contributed by atoms with Crippen LogP contribution in [0.15, 0.2) is 24.3 Å². The summed E-state index contributed by atoms with van der Waals surface area (Å²) in [6.45, 7) is 6.23. The van der Waals surface area contributed by atoms with Crippen LogP contribution in [0.5, 0.6) is 0 Å². The van der Waals surface area contributed by atoms with Gasteiger partial charge in [0.2, 0.25) is 0 Å². The molecule has 0 spiro atoms. The molecular formula is C13H15ClN2S. The number of hydrogen-bond acceptors (Lipinski definition) is 3. The number of aromatic nitrogens is 1. The maximum absolute atomic E-state index is 5.96. The van der Waals surface area contributed by atoms with Crippen molar-refractivity contribution in [2.45, 2.75) is 26.8 Å². The van der Waals surface area contributed by atoms with Gasteiger partial charge in [-0.1, -0.05) is 17.7 Å². The van der Waals surface area contributed by atoms with Gasteiger partial charge in [-0.15, -0.1) is 11.3 Å². The standard InChI is InChI=1S/C13H15ClN2S/c1-8-13(17-10(3)15-8)9(2)16-12-6-4-5-11(14)7-12/h4-7,9,16H,1-3H3. The number of hydrogen-bond donors (Lipinski definition) is 1. The Morgan fingerprint density at radius 1 is 1.35 bits per heavy atom. The van der Waals surface area contributed by atoms with Gasteiger partial charge >= 0.3 is 0 Å². The number of nitrogens with one attached hydrogen (secondary N) is 1. The molecular weight excluding hydrogens is 252 g/mol. The largest absolute Gasteiger partial charge is 0.378 e. The lowest BCUT2D eigenvalue weighted by Gasteiger charge is -2.14. The third-order valence-electron chi connectivity index (χ3n) is 2.54. The topological polar surface area (TPSA) is 24.9 Å². The van der Waals surface area contributed by atoms with E-state index in [-0.39, 0.29) is 6.04 Å². The van der Waals surface area contributed by atoms with Crippen molar-refractivity contribution in [3.8, 4) is 0 Å². The average molecular weight is 267 g/mol. The molecule has 0 radical (unpaired) electrons.